The monoisotopic (exact) mass is 355 g/mol. The summed E-state index contributed by atoms with van der Waals surface area (Å²) in [5.41, 5.74) is 1.14. The van der Waals surface area contributed by atoms with Gasteiger partial charge in [-0.25, -0.2) is 4.39 Å². The van der Waals surface area contributed by atoms with E-state index in [1.54, 1.807) is 13.2 Å². The van der Waals surface area contributed by atoms with Crippen molar-refractivity contribution in [1.82, 2.24) is 5.32 Å². The van der Waals surface area contributed by atoms with E-state index in [2.05, 4.69) is 16.0 Å². The third kappa shape index (κ3) is 9.04. The number of carbonyl (C=O) groups excluding carboxylic acids is 1. The molecule has 0 spiro atoms. The molecule has 0 saturated heterocycles. The number of anilines is 2. The highest BCUT2D eigenvalue weighted by Crippen LogP contribution is 2.23. The second-order valence-electron chi connectivity index (χ2n) is 4.71. The van der Waals surface area contributed by atoms with Crippen LogP contribution >= 0.6 is 24.8 Å². The smallest absolute Gasteiger partial charge is 0.238 e. The molecule has 0 aliphatic carbocycles. The van der Waals surface area contributed by atoms with Gasteiger partial charge in [0.05, 0.1) is 24.5 Å². The lowest BCUT2D eigenvalue weighted by atomic mass is 10.2. The van der Waals surface area contributed by atoms with Crippen molar-refractivity contribution < 1.29 is 13.9 Å². The average molecular weight is 356 g/mol. The van der Waals surface area contributed by atoms with Crippen LogP contribution in [0.15, 0.2) is 18.2 Å². The van der Waals surface area contributed by atoms with Gasteiger partial charge in [0.2, 0.25) is 5.91 Å². The molecular formula is C14H24Cl2FN3O2. The number of halogens is 3. The van der Waals surface area contributed by atoms with Gasteiger partial charge in [0.1, 0.15) is 5.82 Å². The van der Waals surface area contributed by atoms with Gasteiger partial charge in [-0.05, 0) is 32.0 Å². The van der Waals surface area contributed by atoms with Crippen molar-refractivity contribution in [2.45, 2.75) is 19.9 Å². The summed E-state index contributed by atoms with van der Waals surface area (Å²) >= 11 is 0. The number of amides is 1. The first-order chi connectivity index (χ1) is 9.52. The lowest BCUT2D eigenvalue weighted by Gasteiger charge is -2.15. The predicted octanol–water partition coefficient (Wildman–Crippen LogP) is 2.66. The first kappa shape index (κ1) is 23.2. The highest BCUT2D eigenvalue weighted by Gasteiger charge is 2.08. The quantitative estimate of drug-likeness (QED) is 0.627. The van der Waals surface area contributed by atoms with Gasteiger partial charge in [-0.2, -0.15) is 0 Å². The molecule has 5 nitrogen and oxygen atoms in total. The first-order valence-corrected chi connectivity index (χ1v) is 6.58. The minimum absolute atomic E-state index is 0. The van der Waals surface area contributed by atoms with Crippen LogP contribution in [0.1, 0.15) is 13.8 Å². The van der Waals surface area contributed by atoms with Gasteiger partial charge in [-0.15, -0.1) is 24.8 Å². The molecular weight excluding hydrogens is 332 g/mol. The van der Waals surface area contributed by atoms with Gasteiger partial charge in [0, 0.05) is 19.7 Å². The van der Waals surface area contributed by atoms with Gasteiger partial charge in [0.25, 0.3) is 0 Å². The fraction of sp³-hybridized carbons (Fsp3) is 0.500. The van der Waals surface area contributed by atoms with E-state index in [-0.39, 0.29) is 49.1 Å². The number of rotatable bonds is 8. The van der Waals surface area contributed by atoms with E-state index in [1.165, 1.54) is 12.1 Å². The van der Waals surface area contributed by atoms with Gasteiger partial charge >= 0.3 is 0 Å². The Morgan fingerprint density at radius 3 is 2.55 bits per heavy atom. The number of ether oxygens (including phenoxy) is 1. The molecule has 1 aromatic rings. The highest BCUT2D eigenvalue weighted by molar-refractivity contribution is 5.95. The molecule has 0 saturated carbocycles. The van der Waals surface area contributed by atoms with Crippen LogP contribution in [0, 0.1) is 5.82 Å². The molecule has 0 aliphatic heterocycles. The summed E-state index contributed by atoms with van der Waals surface area (Å²) in [6, 6.07) is 4.38. The molecule has 128 valence electrons. The largest absolute Gasteiger partial charge is 0.383 e. The maximum atomic E-state index is 13.2. The molecule has 0 aliphatic rings. The second-order valence-corrected chi connectivity index (χ2v) is 4.71. The van der Waals surface area contributed by atoms with Crippen molar-refractivity contribution in [3.63, 3.8) is 0 Å². The highest BCUT2D eigenvalue weighted by atomic mass is 35.5. The summed E-state index contributed by atoms with van der Waals surface area (Å²) < 4.78 is 18.1. The van der Waals surface area contributed by atoms with Crippen LogP contribution in [0.25, 0.3) is 0 Å². The molecule has 0 atom stereocenters. The van der Waals surface area contributed by atoms with Crippen LogP contribution in [-0.4, -0.2) is 38.8 Å². The Morgan fingerprint density at radius 1 is 1.27 bits per heavy atom. The Morgan fingerprint density at radius 2 is 1.95 bits per heavy atom. The molecule has 0 fully saturated rings. The van der Waals surface area contributed by atoms with Gasteiger partial charge in [-0.1, -0.05) is 0 Å². The number of hydrogen-bond acceptors (Lipinski definition) is 4. The van der Waals surface area contributed by atoms with Gasteiger partial charge in [-0.3, -0.25) is 4.79 Å². The Balaban J connectivity index is 0. The third-order valence-corrected chi connectivity index (χ3v) is 2.47. The summed E-state index contributed by atoms with van der Waals surface area (Å²) in [7, 11) is 1.60. The number of benzene rings is 1. The van der Waals surface area contributed by atoms with Gasteiger partial charge in [0.15, 0.2) is 0 Å². The molecule has 1 amide bonds. The van der Waals surface area contributed by atoms with E-state index in [1.807, 2.05) is 13.8 Å². The molecule has 1 rings (SSSR count). The topological polar surface area (TPSA) is 62.4 Å². The molecule has 0 bridgehead atoms. The summed E-state index contributed by atoms with van der Waals surface area (Å²) in [5.74, 6) is -0.524. The zero-order chi connectivity index (χ0) is 15.0. The number of methoxy groups -OCH3 is 1. The molecule has 1 aromatic carbocycles. The minimum atomic E-state index is -0.343. The Hall–Kier alpha value is -1.08. The van der Waals surface area contributed by atoms with E-state index in [4.69, 9.17) is 4.74 Å². The normalized spacial score (nSPS) is 9.68. The fourth-order valence-electron chi connectivity index (χ4n) is 1.63. The van der Waals surface area contributed by atoms with E-state index in [0.717, 1.165) is 0 Å². The zero-order valence-corrected chi connectivity index (χ0v) is 14.6. The molecule has 0 radical (unpaired) electrons. The average Bonchev–Trinajstić information content (AvgIpc) is 2.37. The fourth-order valence-corrected chi connectivity index (χ4v) is 1.63. The molecule has 0 aromatic heterocycles. The van der Waals surface area contributed by atoms with Crippen LogP contribution in [0.3, 0.4) is 0 Å². The lowest BCUT2D eigenvalue weighted by Crippen LogP contribution is -2.30. The zero-order valence-electron chi connectivity index (χ0n) is 12.9. The minimum Gasteiger partial charge on any atom is -0.383 e. The second kappa shape index (κ2) is 12.5. The molecule has 0 heterocycles. The van der Waals surface area contributed by atoms with Crippen molar-refractivity contribution in [1.29, 1.82) is 0 Å². The first-order valence-electron chi connectivity index (χ1n) is 6.58. The van der Waals surface area contributed by atoms with Crippen LogP contribution < -0.4 is 16.0 Å². The maximum Gasteiger partial charge on any atom is 0.238 e. The molecule has 22 heavy (non-hydrogen) atoms. The van der Waals surface area contributed by atoms with Crippen LogP contribution in [0.4, 0.5) is 15.8 Å². The standard InChI is InChI=1S/C14H22FN3O2.2ClH/c1-10(2)17-13-8-11(15)4-5-12(13)18-14(19)9-16-6-7-20-3;;/h4-5,8,10,16-17H,6-7,9H2,1-3H3,(H,18,19);2*1H. The van der Waals surface area contributed by atoms with Crippen molar-refractivity contribution >= 4 is 42.1 Å². The van der Waals surface area contributed by atoms with Crippen LogP contribution in [0.2, 0.25) is 0 Å². The summed E-state index contributed by atoms with van der Waals surface area (Å²) in [6.45, 7) is 5.22. The Bertz CT molecular complexity index is 448. The maximum absolute atomic E-state index is 13.2. The van der Waals surface area contributed by atoms with Gasteiger partial charge < -0.3 is 20.7 Å². The Labute approximate surface area is 143 Å². The number of nitrogens with one attached hydrogen (secondary N) is 3. The van der Waals surface area contributed by atoms with E-state index >= 15 is 0 Å². The van der Waals surface area contributed by atoms with Crippen molar-refractivity contribution in [3.05, 3.63) is 24.0 Å². The predicted molar refractivity (Wildman–Crippen MR) is 93.0 cm³/mol. The molecule has 3 N–H and O–H groups in total. The summed E-state index contributed by atoms with van der Waals surface area (Å²) in [6.07, 6.45) is 0. The number of carbonyl (C=O) groups is 1. The van der Waals surface area contributed by atoms with Crippen molar-refractivity contribution in [2.75, 3.05) is 37.4 Å². The molecule has 0 unspecified atom stereocenters. The number of hydrogen-bond donors (Lipinski definition) is 3. The van der Waals surface area contributed by atoms with Crippen molar-refractivity contribution in [3.8, 4) is 0 Å². The van der Waals surface area contributed by atoms with Crippen molar-refractivity contribution in [2.24, 2.45) is 0 Å². The van der Waals surface area contributed by atoms with E-state index in [9.17, 15) is 9.18 Å². The van der Waals surface area contributed by atoms with Crippen LogP contribution in [-0.2, 0) is 9.53 Å². The van der Waals surface area contributed by atoms with E-state index < -0.39 is 0 Å². The van der Waals surface area contributed by atoms with E-state index in [0.29, 0.717) is 24.5 Å². The summed E-state index contributed by atoms with van der Waals surface area (Å²) in [4.78, 5) is 11.8. The Kier molecular flexibility index (Phi) is 13.1. The lowest BCUT2D eigenvalue weighted by molar-refractivity contribution is -0.115. The van der Waals surface area contributed by atoms with Crippen LogP contribution in [0.5, 0.6) is 0 Å². The third-order valence-electron chi connectivity index (χ3n) is 2.47. The molecule has 8 heteroatoms. The summed E-state index contributed by atoms with van der Waals surface area (Å²) in [5, 5.41) is 8.80. The SMILES string of the molecule is COCCNCC(=O)Nc1ccc(F)cc1NC(C)C.Cl.Cl.